The molecule has 1 fully saturated rings. The first-order valence-electron chi connectivity index (χ1n) is 6.86. The summed E-state index contributed by atoms with van der Waals surface area (Å²) in [4.78, 5) is 4.44. The zero-order chi connectivity index (χ0) is 13.7. The molecule has 19 heavy (non-hydrogen) atoms. The molecule has 1 aromatic heterocycles. The molecule has 2 rings (SSSR count). The fourth-order valence-corrected chi connectivity index (χ4v) is 2.87. The van der Waals surface area contributed by atoms with Crippen molar-refractivity contribution in [1.29, 1.82) is 0 Å². The van der Waals surface area contributed by atoms with Crippen LogP contribution in [0.2, 0.25) is 0 Å². The second kappa shape index (κ2) is 7.20. The van der Waals surface area contributed by atoms with Crippen LogP contribution in [0.5, 0.6) is 0 Å². The van der Waals surface area contributed by atoms with Crippen molar-refractivity contribution in [3.05, 3.63) is 22.3 Å². The van der Waals surface area contributed by atoms with Crippen molar-refractivity contribution in [3.63, 3.8) is 0 Å². The summed E-state index contributed by atoms with van der Waals surface area (Å²) in [6.45, 7) is 1.97. The molecule has 0 unspecified atom stereocenters. The van der Waals surface area contributed by atoms with E-state index in [-0.39, 0.29) is 0 Å². The highest BCUT2D eigenvalue weighted by atomic mass is 79.9. The average molecular weight is 342 g/mol. The quantitative estimate of drug-likeness (QED) is 0.625. The van der Waals surface area contributed by atoms with Gasteiger partial charge in [-0.2, -0.15) is 0 Å². The lowest BCUT2D eigenvalue weighted by atomic mass is 10.1. The Labute approximate surface area is 128 Å². The molecule has 0 aromatic carbocycles. The SMILES string of the molecule is Cc1nc(NC(=S)NC2CCCCCC2)ccc1Br. The number of pyridine rings is 1. The van der Waals surface area contributed by atoms with Crippen molar-refractivity contribution < 1.29 is 0 Å². The monoisotopic (exact) mass is 341 g/mol. The van der Waals surface area contributed by atoms with Crippen LogP contribution in [-0.2, 0) is 0 Å². The molecule has 1 saturated carbocycles. The van der Waals surface area contributed by atoms with Gasteiger partial charge in [0.15, 0.2) is 5.11 Å². The van der Waals surface area contributed by atoms with Crippen LogP contribution >= 0.6 is 28.1 Å². The molecule has 3 nitrogen and oxygen atoms in total. The van der Waals surface area contributed by atoms with E-state index in [0.29, 0.717) is 11.2 Å². The van der Waals surface area contributed by atoms with Crippen molar-refractivity contribution in [2.45, 2.75) is 51.5 Å². The Balaban J connectivity index is 1.87. The van der Waals surface area contributed by atoms with Crippen LogP contribution in [0.1, 0.15) is 44.2 Å². The summed E-state index contributed by atoms with van der Waals surface area (Å²) in [6.07, 6.45) is 7.74. The smallest absolute Gasteiger partial charge is 0.172 e. The summed E-state index contributed by atoms with van der Waals surface area (Å²) in [5.41, 5.74) is 0.960. The van der Waals surface area contributed by atoms with Crippen molar-refractivity contribution in [1.82, 2.24) is 10.3 Å². The van der Waals surface area contributed by atoms with E-state index in [9.17, 15) is 0 Å². The Bertz CT molecular complexity index is 442. The summed E-state index contributed by atoms with van der Waals surface area (Å²) in [5, 5.41) is 7.26. The molecule has 2 N–H and O–H groups in total. The van der Waals surface area contributed by atoms with Crippen LogP contribution in [0.15, 0.2) is 16.6 Å². The largest absolute Gasteiger partial charge is 0.360 e. The van der Waals surface area contributed by atoms with Crippen LogP contribution in [0.4, 0.5) is 5.82 Å². The Kier molecular flexibility index (Phi) is 5.58. The normalized spacial score (nSPS) is 16.7. The first kappa shape index (κ1) is 14.7. The van der Waals surface area contributed by atoms with Crippen LogP contribution in [-0.4, -0.2) is 16.1 Å². The minimum absolute atomic E-state index is 0.513. The zero-order valence-electron chi connectivity index (χ0n) is 11.2. The van der Waals surface area contributed by atoms with Gasteiger partial charge in [0.25, 0.3) is 0 Å². The number of nitrogens with one attached hydrogen (secondary N) is 2. The number of anilines is 1. The fraction of sp³-hybridized carbons (Fsp3) is 0.571. The molecule has 0 amide bonds. The van der Waals surface area contributed by atoms with Gasteiger partial charge in [-0.3, -0.25) is 0 Å². The van der Waals surface area contributed by atoms with Crippen molar-refractivity contribution >= 4 is 39.1 Å². The maximum Gasteiger partial charge on any atom is 0.172 e. The van der Waals surface area contributed by atoms with Crippen LogP contribution in [0, 0.1) is 6.92 Å². The number of aryl methyl sites for hydroxylation is 1. The van der Waals surface area contributed by atoms with E-state index in [2.05, 4.69) is 31.5 Å². The van der Waals surface area contributed by atoms with Gasteiger partial charge < -0.3 is 10.6 Å². The lowest BCUT2D eigenvalue weighted by Crippen LogP contribution is -2.37. The first-order valence-corrected chi connectivity index (χ1v) is 8.06. The standard InChI is InChI=1S/C14H20BrN3S/c1-10-12(15)8-9-13(16-10)18-14(19)17-11-6-4-2-3-5-7-11/h8-9,11H,2-7H2,1H3,(H2,16,17,18,19). The second-order valence-corrected chi connectivity index (χ2v) is 6.31. The Morgan fingerprint density at radius 2 is 1.95 bits per heavy atom. The fourth-order valence-electron chi connectivity index (χ4n) is 2.38. The molecule has 0 saturated heterocycles. The maximum absolute atomic E-state index is 5.36. The lowest BCUT2D eigenvalue weighted by Gasteiger charge is -2.18. The number of aromatic nitrogens is 1. The highest BCUT2D eigenvalue weighted by Gasteiger charge is 2.13. The van der Waals surface area contributed by atoms with Gasteiger partial charge in [-0.15, -0.1) is 0 Å². The topological polar surface area (TPSA) is 37.0 Å². The highest BCUT2D eigenvalue weighted by molar-refractivity contribution is 9.10. The summed E-state index contributed by atoms with van der Waals surface area (Å²) in [5.74, 6) is 0.798. The number of hydrogen-bond acceptors (Lipinski definition) is 2. The van der Waals surface area contributed by atoms with Gasteiger partial charge >= 0.3 is 0 Å². The van der Waals surface area contributed by atoms with E-state index in [1.165, 1.54) is 38.5 Å². The van der Waals surface area contributed by atoms with Gasteiger partial charge in [0.1, 0.15) is 5.82 Å². The van der Waals surface area contributed by atoms with E-state index in [0.717, 1.165) is 16.0 Å². The molecule has 0 bridgehead atoms. The number of halogens is 1. The molecule has 1 aliphatic carbocycles. The number of rotatable bonds is 2. The molecular weight excluding hydrogens is 322 g/mol. The van der Waals surface area contributed by atoms with Gasteiger partial charge in [0.05, 0.1) is 5.69 Å². The second-order valence-electron chi connectivity index (χ2n) is 5.05. The van der Waals surface area contributed by atoms with Gasteiger partial charge in [-0.05, 0) is 60.0 Å². The minimum atomic E-state index is 0.513. The van der Waals surface area contributed by atoms with Gasteiger partial charge in [0, 0.05) is 10.5 Å². The van der Waals surface area contributed by atoms with Crippen LogP contribution in [0.3, 0.4) is 0 Å². The minimum Gasteiger partial charge on any atom is -0.360 e. The molecule has 0 atom stereocenters. The van der Waals surface area contributed by atoms with Gasteiger partial charge in [0.2, 0.25) is 0 Å². The number of hydrogen-bond donors (Lipinski definition) is 2. The predicted molar refractivity (Wildman–Crippen MR) is 87.5 cm³/mol. The first-order chi connectivity index (χ1) is 9.15. The summed E-state index contributed by atoms with van der Waals surface area (Å²) in [7, 11) is 0. The van der Waals surface area contributed by atoms with E-state index >= 15 is 0 Å². The van der Waals surface area contributed by atoms with Crippen LogP contribution in [0.25, 0.3) is 0 Å². The van der Waals surface area contributed by atoms with E-state index < -0.39 is 0 Å². The zero-order valence-corrected chi connectivity index (χ0v) is 13.6. The summed E-state index contributed by atoms with van der Waals surface area (Å²) >= 11 is 8.81. The van der Waals surface area contributed by atoms with Crippen LogP contribution < -0.4 is 10.6 Å². The third-order valence-electron chi connectivity index (χ3n) is 3.45. The van der Waals surface area contributed by atoms with E-state index in [1.807, 2.05) is 19.1 Å². The van der Waals surface area contributed by atoms with E-state index in [1.54, 1.807) is 0 Å². The van der Waals surface area contributed by atoms with Gasteiger partial charge in [-0.25, -0.2) is 4.98 Å². The Hall–Kier alpha value is -0.680. The molecule has 104 valence electrons. The average Bonchev–Trinajstić information content (AvgIpc) is 2.62. The molecule has 1 aromatic rings. The van der Waals surface area contributed by atoms with Crippen molar-refractivity contribution in [2.75, 3.05) is 5.32 Å². The van der Waals surface area contributed by atoms with Gasteiger partial charge in [-0.1, -0.05) is 25.7 Å². The summed E-state index contributed by atoms with van der Waals surface area (Å²) in [6, 6.07) is 4.43. The Morgan fingerprint density at radius 1 is 1.26 bits per heavy atom. The third-order valence-corrected chi connectivity index (χ3v) is 4.51. The van der Waals surface area contributed by atoms with Crippen molar-refractivity contribution in [2.24, 2.45) is 0 Å². The molecule has 1 aliphatic rings. The highest BCUT2D eigenvalue weighted by Crippen LogP contribution is 2.18. The number of thiocarbonyl (C=S) groups is 1. The predicted octanol–water partition coefficient (Wildman–Crippen LogP) is 4.16. The molecular formula is C14H20BrN3S. The third kappa shape index (κ3) is 4.73. The van der Waals surface area contributed by atoms with Crippen molar-refractivity contribution in [3.8, 4) is 0 Å². The molecule has 0 spiro atoms. The van der Waals surface area contributed by atoms with E-state index in [4.69, 9.17) is 12.2 Å². The molecule has 0 aliphatic heterocycles. The lowest BCUT2D eigenvalue weighted by molar-refractivity contribution is 0.535. The Morgan fingerprint density at radius 3 is 2.58 bits per heavy atom. The molecule has 0 radical (unpaired) electrons. The maximum atomic E-state index is 5.36. The summed E-state index contributed by atoms with van der Waals surface area (Å²) < 4.78 is 1.01. The molecule has 5 heteroatoms. The number of nitrogens with zero attached hydrogens (tertiary/aromatic N) is 1. The molecule has 1 heterocycles.